The largest absolute Gasteiger partial charge is 0.367 e. The van der Waals surface area contributed by atoms with Crippen LogP contribution in [0.4, 0.5) is 5.69 Å². The molecule has 2 aliphatic heterocycles. The van der Waals surface area contributed by atoms with Crippen molar-refractivity contribution < 1.29 is 9.00 Å². The summed E-state index contributed by atoms with van der Waals surface area (Å²) in [7, 11) is -1.98. The number of anilines is 1. The number of hydrogen-bond donors (Lipinski definition) is 0. The van der Waals surface area contributed by atoms with E-state index >= 15 is 0 Å². The number of carbonyl (C=O) groups is 1. The molecule has 4 nitrogen and oxygen atoms in total. The Morgan fingerprint density at radius 1 is 1.00 bits per heavy atom. The highest BCUT2D eigenvalue weighted by Crippen LogP contribution is 2.34. The molecule has 2 aromatic carbocycles. The molecule has 1 aromatic heterocycles. The van der Waals surface area contributed by atoms with E-state index in [1.165, 1.54) is 21.3 Å². The van der Waals surface area contributed by atoms with Crippen LogP contribution in [-0.4, -0.2) is 52.0 Å². The van der Waals surface area contributed by atoms with Crippen molar-refractivity contribution in [3.63, 3.8) is 0 Å². The fourth-order valence-electron chi connectivity index (χ4n) is 4.82. The van der Waals surface area contributed by atoms with Crippen molar-refractivity contribution in [2.24, 2.45) is 5.92 Å². The van der Waals surface area contributed by atoms with Crippen LogP contribution in [-0.2, 0) is 14.3 Å². The Hall–Kier alpha value is -2.31. The van der Waals surface area contributed by atoms with Gasteiger partial charge in [-0.1, -0.05) is 36.4 Å². The van der Waals surface area contributed by atoms with Crippen LogP contribution in [0.5, 0.6) is 0 Å². The molecule has 2 aliphatic rings. The summed E-state index contributed by atoms with van der Waals surface area (Å²) in [4.78, 5) is 19.2. The van der Waals surface area contributed by atoms with Crippen LogP contribution in [0, 0.1) is 5.92 Å². The van der Waals surface area contributed by atoms with Gasteiger partial charge in [-0.3, -0.25) is 9.00 Å². The number of benzene rings is 2. The molecule has 1 atom stereocenters. The van der Waals surface area contributed by atoms with Gasteiger partial charge in [0.2, 0.25) is 5.91 Å². The highest BCUT2D eigenvalue weighted by atomic mass is 32.2. The third-order valence-corrected chi connectivity index (χ3v) is 9.59. The first-order valence-electron chi connectivity index (χ1n) is 10.9. The molecule has 0 bridgehead atoms. The second-order valence-corrected chi connectivity index (χ2v) is 12.4. The first kappa shape index (κ1) is 20.6. The van der Waals surface area contributed by atoms with E-state index in [-0.39, 0.29) is 17.9 Å². The van der Waals surface area contributed by atoms with Gasteiger partial charge in [-0.25, -0.2) is 0 Å². The van der Waals surface area contributed by atoms with Gasteiger partial charge in [0.15, 0.2) is 0 Å². The van der Waals surface area contributed by atoms with Crippen molar-refractivity contribution >= 4 is 49.1 Å². The standard InChI is InChI=1S/C25H28N2O2S2/c1-31(29)15-10-20(11-16-31)25(28)27-13-12-26(18-23(27)24-7-4-14-30-24)22-9-8-19-5-2-3-6-21(19)17-22/h2-9,14,17,20,23H,1,10-13,15-16,18H2. The molecule has 31 heavy (non-hydrogen) atoms. The third-order valence-electron chi connectivity index (χ3n) is 6.66. The normalized spacial score (nSPS) is 26.8. The number of hydrogen-bond acceptors (Lipinski definition) is 4. The number of thiophene rings is 1. The fourth-order valence-corrected chi connectivity index (χ4v) is 7.28. The van der Waals surface area contributed by atoms with Crippen molar-refractivity contribution in [2.45, 2.75) is 18.9 Å². The van der Waals surface area contributed by atoms with E-state index in [2.05, 4.69) is 75.6 Å². The van der Waals surface area contributed by atoms with Crippen LogP contribution in [0.15, 0.2) is 60.0 Å². The van der Waals surface area contributed by atoms with Crippen molar-refractivity contribution in [3.05, 3.63) is 64.9 Å². The monoisotopic (exact) mass is 452 g/mol. The lowest BCUT2D eigenvalue weighted by Crippen LogP contribution is -2.52. The Balaban J connectivity index is 1.39. The molecule has 3 heterocycles. The predicted octanol–water partition coefficient (Wildman–Crippen LogP) is 4.42. The first-order valence-corrected chi connectivity index (χ1v) is 13.8. The predicted molar refractivity (Wildman–Crippen MR) is 133 cm³/mol. The van der Waals surface area contributed by atoms with Gasteiger partial charge < -0.3 is 9.80 Å². The Labute approximate surface area is 188 Å². The molecule has 0 radical (unpaired) electrons. The topological polar surface area (TPSA) is 40.6 Å². The van der Waals surface area contributed by atoms with Crippen LogP contribution >= 0.6 is 11.3 Å². The zero-order chi connectivity index (χ0) is 21.4. The van der Waals surface area contributed by atoms with E-state index in [4.69, 9.17) is 0 Å². The van der Waals surface area contributed by atoms with Gasteiger partial charge in [-0.2, -0.15) is 0 Å². The average molecular weight is 453 g/mol. The molecule has 3 aromatic rings. The zero-order valence-electron chi connectivity index (χ0n) is 17.6. The summed E-state index contributed by atoms with van der Waals surface area (Å²) >= 11 is 1.72. The molecule has 1 amide bonds. The Morgan fingerprint density at radius 2 is 1.77 bits per heavy atom. The summed E-state index contributed by atoms with van der Waals surface area (Å²) in [5.41, 5.74) is 1.21. The lowest BCUT2D eigenvalue weighted by molar-refractivity contribution is -0.138. The molecule has 0 saturated carbocycles. The minimum atomic E-state index is -1.98. The van der Waals surface area contributed by atoms with Gasteiger partial charge in [-0.05, 0) is 62.6 Å². The molecule has 5 rings (SSSR count). The van der Waals surface area contributed by atoms with Crippen molar-refractivity contribution in [3.8, 4) is 0 Å². The first-order chi connectivity index (χ1) is 15.0. The molecule has 0 aliphatic carbocycles. The van der Waals surface area contributed by atoms with Gasteiger partial charge >= 0.3 is 0 Å². The molecular formula is C25H28N2O2S2. The lowest BCUT2D eigenvalue weighted by Gasteiger charge is -2.44. The SMILES string of the molecule is C=S1(=O)CCC(C(=O)N2CCN(c3ccc4ccccc4c3)CC2c2cccs2)CC1. The molecule has 1 unspecified atom stereocenters. The molecule has 6 heteroatoms. The van der Waals surface area contributed by atoms with Gasteiger partial charge in [0.05, 0.1) is 6.04 Å². The molecular weight excluding hydrogens is 424 g/mol. The van der Waals surface area contributed by atoms with Crippen LogP contribution in [0.3, 0.4) is 0 Å². The smallest absolute Gasteiger partial charge is 0.226 e. The summed E-state index contributed by atoms with van der Waals surface area (Å²) < 4.78 is 12.3. The maximum absolute atomic E-state index is 13.5. The van der Waals surface area contributed by atoms with E-state index in [0.717, 1.165) is 13.1 Å². The lowest BCUT2D eigenvalue weighted by atomic mass is 9.98. The minimum absolute atomic E-state index is 0.0222. The van der Waals surface area contributed by atoms with E-state index in [9.17, 15) is 9.00 Å². The highest BCUT2D eigenvalue weighted by molar-refractivity contribution is 8.00. The van der Waals surface area contributed by atoms with E-state index in [1.54, 1.807) is 11.3 Å². The van der Waals surface area contributed by atoms with Crippen molar-refractivity contribution in [2.75, 3.05) is 36.0 Å². The summed E-state index contributed by atoms with van der Waals surface area (Å²) in [5.74, 6) is 5.21. The Kier molecular flexibility index (Phi) is 5.52. The second-order valence-electron chi connectivity index (χ2n) is 8.69. The molecule has 2 saturated heterocycles. The minimum Gasteiger partial charge on any atom is -0.367 e. The highest BCUT2D eigenvalue weighted by Gasteiger charge is 2.37. The molecule has 2 fully saturated rings. The van der Waals surface area contributed by atoms with Crippen molar-refractivity contribution in [1.29, 1.82) is 0 Å². The van der Waals surface area contributed by atoms with Crippen molar-refractivity contribution in [1.82, 2.24) is 4.90 Å². The average Bonchev–Trinajstić information content (AvgIpc) is 3.33. The number of nitrogens with zero attached hydrogens (tertiary/aromatic N) is 2. The summed E-state index contributed by atoms with van der Waals surface area (Å²) in [6.07, 6.45) is 1.40. The third kappa shape index (κ3) is 4.23. The fraction of sp³-hybridized carbons (Fsp3) is 0.360. The van der Waals surface area contributed by atoms with E-state index in [1.807, 2.05) is 0 Å². The van der Waals surface area contributed by atoms with Crippen LogP contribution in [0.1, 0.15) is 23.8 Å². The number of amides is 1. The van der Waals surface area contributed by atoms with Crippen LogP contribution in [0.2, 0.25) is 0 Å². The van der Waals surface area contributed by atoms with Gasteiger partial charge in [0, 0.05) is 47.6 Å². The zero-order valence-corrected chi connectivity index (χ0v) is 19.2. The summed E-state index contributed by atoms with van der Waals surface area (Å²) in [6.45, 7) is 2.33. The Morgan fingerprint density at radius 3 is 2.52 bits per heavy atom. The van der Waals surface area contributed by atoms with Crippen LogP contribution in [0.25, 0.3) is 10.8 Å². The van der Waals surface area contributed by atoms with Gasteiger partial charge in [0.25, 0.3) is 0 Å². The van der Waals surface area contributed by atoms with E-state index in [0.29, 0.717) is 30.9 Å². The Bertz CT molecular complexity index is 1170. The maximum Gasteiger partial charge on any atom is 0.226 e. The number of piperazine rings is 1. The van der Waals surface area contributed by atoms with Gasteiger partial charge in [-0.15, -0.1) is 11.3 Å². The van der Waals surface area contributed by atoms with E-state index < -0.39 is 9.52 Å². The molecule has 0 spiro atoms. The second kappa shape index (κ2) is 8.32. The summed E-state index contributed by atoms with van der Waals surface area (Å²) in [6, 6.07) is 19.3. The number of carbonyl (C=O) groups excluding carboxylic acids is 1. The quantitative estimate of drug-likeness (QED) is 0.553. The number of rotatable bonds is 3. The summed E-state index contributed by atoms with van der Waals surface area (Å²) in [5, 5.41) is 4.57. The maximum atomic E-state index is 13.5. The molecule has 0 N–H and O–H groups in total. The number of fused-ring (bicyclic) bond motifs is 1. The molecule has 162 valence electrons. The van der Waals surface area contributed by atoms with Gasteiger partial charge in [0.1, 0.15) is 0 Å². The van der Waals surface area contributed by atoms with Crippen LogP contribution < -0.4 is 4.90 Å².